The number of benzene rings is 1. The lowest BCUT2D eigenvalue weighted by atomic mass is 10.0. The maximum atomic E-state index is 5.70. The van der Waals surface area contributed by atoms with Crippen molar-refractivity contribution >= 4 is 5.69 Å². The van der Waals surface area contributed by atoms with Crippen molar-refractivity contribution in [3.8, 4) is 22.3 Å². The van der Waals surface area contributed by atoms with Crippen LogP contribution in [0.25, 0.3) is 22.3 Å². The van der Waals surface area contributed by atoms with Gasteiger partial charge in [-0.1, -0.05) is 12.1 Å². The van der Waals surface area contributed by atoms with Crippen LogP contribution in [0.4, 0.5) is 5.69 Å². The minimum absolute atomic E-state index is 0.766. The lowest BCUT2D eigenvalue weighted by Gasteiger charge is -2.05. The molecule has 0 unspecified atom stereocenters. The van der Waals surface area contributed by atoms with Crippen LogP contribution >= 0.6 is 0 Å². The molecule has 2 aromatic heterocycles. The summed E-state index contributed by atoms with van der Waals surface area (Å²) in [6.07, 6.45) is 7.28. The molecule has 0 saturated heterocycles. The summed E-state index contributed by atoms with van der Waals surface area (Å²) in [5.74, 6) is 0. The van der Waals surface area contributed by atoms with E-state index in [-0.39, 0.29) is 0 Å². The highest BCUT2D eigenvalue weighted by molar-refractivity contribution is 5.72. The van der Waals surface area contributed by atoms with Crippen molar-refractivity contribution in [2.45, 2.75) is 0 Å². The Kier molecular flexibility index (Phi) is 2.94. The summed E-state index contributed by atoms with van der Waals surface area (Å²) in [7, 11) is 0. The number of rotatable bonds is 2. The van der Waals surface area contributed by atoms with Crippen molar-refractivity contribution in [1.29, 1.82) is 0 Å². The minimum atomic E-state index is 0.766. The molecule has 2 heterocycles. The number of hydrogen-bond donors (Lipinski definition) is 1. The van der Waals surface area contributed by atoms with Crippen molar-refractivity contribution in [2.75, 3.05) is 5.73 Å². The largest absolute Gasteiger partial charge is 0.399 e. The van der Waals surface area contributed by atoms with Crippen molar-refractivity contribution in [2.24, 2.45) is 0 Å². The molecule has 0 radical (unpaired) electrons. The number of anilines is 1. The van der Waals surface area contributed by atoms with E-state index in [9.17, 15) is 0 Å². The van der Waals surface area contributed by atoms with Gasteiger partial charge in [0.1, 0.15) is 0 Å². The molecule has 0 atom stereocenters. The van der Waals surface area contributed by atoms with Crippen LogP contribution in [0.2, 0.25) is 0 Å². The first-order valence-electron chi connectivity index (χ1n) is 6.04. The highest BCUT2D eigenvalue weighted by Gasteiger charge is 2.02. The van der Waals surface area contributed by atoms with Gasteiger partial charge in [-0.3, -0.25) is 9.97 Å². The zero-order chi connectivity index (χ0) is 13.1. The molecule has 3 rings (SSSR count). The molecule has 3 aromatic rings. The summed E-state index contributed by atoms with van der Waals surface area (Å²) in [6, 6.07) is 13.9. The fraction of sp³-hybridized carbons (Fsp3) is 0. The lowest BCUT2D eigenvalue weighted by Crippen LogP contribution is -1.86. The molecule has 92 valence electrons. The summed E-state index contributed by atoms with van der Waals surface area (Å²) >= 11 is 0. The molecule has 0 spiro atoms. The molecular formula is C16H13N3. The van der Waals surface area contributed by atoms with Crippen molar-refractivity contribution < 1.29 is 0 Å². The predicted molar refractivity (Wildman–Crippen MR) is 77.3 cm³/mol. The highest BCUT2D eigenvalue weighted by atomic mass is 14.6. The van der Waals surface area contributed by atoms with Crippen LogP contribution in [0.3, 0.4) is 0 Å². The van der Waals surface area contributed by atoms with E-state index < -0.39 is 0 Å². The van der Waals surface area contributed by atoms with Gasteiger partial charge in [-0.2, -0.15) is 0 Å². The lowest BCUT2D eigenvalue weighted by molar-refractivity contribution is 1.30. The van der Waals surface area contributed by atoms with Crippen LogP contribution in [0, 0.1) is 0 Å². The fourth-order valence-electron chi connectivity index (χ4n) is 1.98. The average Bonchev–Trinajstić information content (AvgIpc) is 2.49. The van der Waals surface area contributed by atoms with E-state index in [1.165, 1.54) is 0 Å². The third kappa shape index (κ3) is 2.45. The standard InChI is InChI=1S/C16H13N3/c17-16-3-1-12(2-4-16)14-9-15(11-19-10-14)13-5-7-18-8-6-13/h1-11H,17H2. The van der Waals surface area contributed by atoms with Crippen LogP contribution in [0.5, 0.6) is 0 Å². The van der Waals surface area contributed by atoms with E-state index in [2.05, 4.69) is 16.0 Å². The number of nitrogens with two attached hydrogens (primary N) is 1. The Morgan fingerprint density at radius 3 is 1.84 bits per heavy atom. The van der Waals surface area contributed by atoms with E-state index in [1.807, 2.05) is 48.8 Å². The summed E-state index contributed by atoms with van der Waals surface area (Å²) in [6.45, 7) is 0. The molecule has 1 aromatic carbocycles. The van der Waals surface area contributed by atoms with Gasteiger partial charge in [0.25, 0.3) is 0 Å². The van der Waals surface area contributed by atoms with Crippen molar-refractivity contribution in [1.82, 2.24) is 9.97 Å². The Hall–Kier alpha value is -2.68. The summed E-state index contributed by atoms with van der Waals surface area (Å²) in [5, 5.41) is 0. The smallest absolute Gasteiger partial charge is 0.0346 e. The van der Waals surface area contributed by atoms with Gasteiger partial charge in [0.05, 0.1) is 0 Å². The van der Waals surface area contributed by atoms with Gasteiger partial charge in [0.15, 0.2) is 0 Å². The monoisotopic (exact) mass is 247 g/mol. The van der Waals surface area contributed by atoms with E-state index in [4.69, 9.17) is 5.73 Å². The molecule has 3 heteroatoms. The molecule has 0 saturated carbocycles. The summed E-state index contributed by atoms with van der Waals surface area (Å²) in [5.41, 5.74) is 10.8. The van der Waals surface area contributed by atoms with Crippen LogP contribution in [0.1, 0.15) is 0 Å². The summed E-state index contributed by atoms with van der Waals surface area (Å²) < 4.78 is 0. The van der Waals surface area contributed by atoms with Gasteiger partial charge in [-0.15, -0.1) is 0 Å². The molecule has 2 N–H and O–H groups in total. The van der Waals surface area contributed by atoms with Crippen LogP contribution < -0.4 is 5.73 Å². The number of pyridine rings is 2. The van der Waals surface area contributed by atoms with Gasteiger partial charge in [-0.05, 0) is 41.5 Å². The maximum absolute atomic E-state index is 5.70. The van der Waals surface area contributed by atoms with Crippen LogP contribution in [-0.4, -0.2) is 9.97 Å². The number of hydrogen-bond acceptors (Lipinski definition) is 3. The number of nitrogens with zero attached hydrogens (tertiary/aromatic N) is 2. The zero-order valence-electron chi connectivity index (χ0n) is 10.3. The Bertz CT molecular complexity index is 676. The van der Waals surface area contributed by atoms with Gasteiger partial charge in [-0.25, -0.2) is 0 Å². The molecule has 0 aliphatic carbocycles. The third-order valence-electron chi connectivity index (χ3n) is 3.00. The van der Waals surface area contributed by atoms with E-state index in [0.717, 1.165) is 27.9 Å². The maximum Gasteiger partial charge on any atom is 0.0346 e. The average molecular weight is 247 g/mol. The highest BCUT2D eigenvalue weighted by Crippen LogP contribution is 2.25. The van der Waals surface area contributed by atoms with E-state index in [0.29, 0.717) is 0 Å². The third-order valence-corrected chi connectivity index (χ3v) is 3.00. The molecule has 3 nitrogen and oxygen atoms in total. The van der Waals surface area contributed by atoms with Gasteiger partial charge >= 0.3 is 0 Å². The van der Waals surface area contributed by atoms with E-state index >= 15 is 0 Å². The van der Waals surface area contributed by atoms with Gasteiger partial charge < -0.3 is 5.73 Å². The van der Waals surface area contributed by atoms with Crippen molar-refractivity contribution in [3.63, 3.8) is 0 Å². The first-order chi connectivity index (χ1) is 9.33. The molecule has 19 heavy (non-hydrogen) atoms. The Morgan fingerprint density at radius 1 is 0.632 bits per heavy atom. The first-order valence-corrected chi connectivity index (χ1v) is 6.04. The Labute approximate surface area is 111 Å². The normalized spacial score (nSPS) is 10.3. The number of aromatic nitrogens is 2. The quantitative estimate of drug-likeness (QED) is 0.706. The second-order valence-electron chi connectivity index (χ2n) is 4.32. The first kappa shape index (κ1) is 11.4. The van der Waals surface area contributed by atoms with Crippen molar-refractivity contribution in [3.05, 3.63) is 67.3 Å². The Balaban J connectivity index is 2.03. The van der Waals surface area contributed by atoms with E-state index in [1.54, 1.807) is 12.4 Å². The van der Waals surface area contributed by atoms with Crippen LogP contribution in [-0.2, 0) is 0 Å². The fourth-order valence-corrected chi connectivity index (χ4v) is 1.98. The van der Waals surface area contributed by atoms with Crippen LogP contribution in [0.15, 0.2) is 67.3 Å². The molecule has 0 aliphatic heterocycles. The van der Waals surface area contributed by atoms with Gasteiger partial charge in [0.2, 0.25) is 0 Å². The molecule has 0 fully saturated rings. The topological polar surface area (TPSA) is 51.8 Å². The second-order valence-corrected chi connectivity index (χ2v) is 4.32. The molecule has 0 bridgehead atoms. The summed E-state index contributed by atoms with van der Waals surface area (Å²) in [4.78, 5) is 8.34. The predicted octanol–water partition coefficient (Wildman–Crippen LogP) is 3.39. The van der Waals surface area contributed by atoms with Gasteiger partial charge in [0, 0.05) is 41.6 Å². The second kappa shape index (κ2) is 4.90. The zero-order valence-corrected chi connectivity index (χ0v) is 10.3. The molecule has 0 aliphatic rings. The molecule has 0 amide bonds. The number of nitrogen functional groups attached to an aromatic ring is 1. The SMILES string of the molecule is Nc1ccc(-c2cncc(-c3ccncc3)c2)cc1. The Morgan fingerprint density at radius 2 is 1.21 bits per heavy atom. The minimum Gasteiger partial charge on any atom is -0.399 e. The molecular weight excluding hydrogens is 234 g/mol.